The quantitative estimate of drug-likeness (QED) is 0.660. The van der Waals surface area contributed by atoms with Gasteiger partial charge in [-0.3, -0.25) is 9.59 Å². The second kappa shape index (κ2) is 7.17. The lowest BCUT2D eigenvalue weighted by atomic mass is 10.1. The van der Waals surface area contributed by atoms with Gasteiger partial charge in [-0.2, -0.15) is 4.99 Å². The molecule has 0 atom stereocenters. The van der Waals surface area contributed by atoms with E-state index in [1.165, 1.54) is 11.7 Å². The van der Waals surface area contributed by atoms with Crippen molar-refractivity contribution in [2.75, 3.05) is 7.11 Å². The van der Waals surface area contributed by atoms with E-state index in [2.05, 4.69) is 9.73 Å². The molecule has 0 aliphatic heterocycles. The van der Waals surface area contributed by atoms with Crippen LogP contribution in [0.15, 0.2) is 41.4 Å². The lowest BCUT2D eigenvalue weighted by Gasteiger charge is -2.04. The molecule has 2 aromatic carbocycles. The Balaban J connectivity index is 2.18. The minimum atomic E-state index is -0.843. The highest BCUT2D eigenvalue weighted by molar-refractivity contribution is 7.16. The van der Waals surface area contributed by atoms with E-state index in [0.29, 0.717) is 11.6 Å². The molecular weight excluding hydrogens is 362 g/mol. The highest BCUT2D eigenvalue weighted by Gasteiger charge is 2.16. The lowest BCUT2D eigenvalue weighted by Crippen LogP contribution is -2.22. The maximum absolute atomic E-state index is 14.2. The van der Waals surface area contributed by atoms with E-state index in [1.807, 2.05) is 6.92 Å². The molecule has 1 heterocycles. The number of benzene rings is 2. The summed E-state index contributed by atoms with van der Waals surface area (Å²) in [6.07, 6.45) is 0. The zero-order valence-corrected chi connectivity index (χ0v) is 14.8. The van der Waals surface area contributed by atoms with Crippen molar-refractivity contribution < 1.29 is 23.1 Å². The average molecular weight is 376 g/mol. The Morgan fingerprint density at radius 3 is 2.54 bits per heavy atom. The summed E-state index contributed by atoms with van der Waals surface area (Å²) in [7, 11) is 1.20. The topological polar surface area (TPSA) is 60.7 Å². The van der Waals surface area contributed by atoms with Crippen LogP contribution in [-0.4, -0.2) is 23.6 Å². The molecular formula is C18H14F2N2O3S. The molecule has 0 saturated heterocycles. The van der Waals surface area contributed by atoms with Gasteiger partial charge < -0.3 is 9.30 Å². The predicted molar refractivity (Wildman–Crippen MR) is 92.8 cm³/mol. The number of fused-ring (bicyclic) bond motifs is 1. The van der Waals surface area contributed by atoms with Gasteiger partial charge in [0.1, 0.15) is 12.4 Å². The minimum Gasteiger partial charge on any atom is -0.468 e. The Morgan fingerprint density at radius 1 is 1.19 bits per heavy atom. The number of thiazole rings is 1. The van der Waals surface area contributed by atoms with Crippen LogP contribution in [0.25, 0.3) is 10.2 Å². The van der Waals surface area contributed by atoms with Crippen LogP contribution in [0, 0.1) is 18.6 Å². The second-order valence-electron chi connectivity index (χ2n) is 5.56. The summed E-state index contributed by atoms with van der Waals surface area (Å²) >= 11 is 0.919. The van der Waals surface area contributed by atoms with Crippen molar-refractivity contribution in [1.29, 1.82) is 0 Å². The summed E-state index contributed by atoms with van der Waals surface area (Å²) in [6, 6.07) is 8.63. The minimum absolute atomic E-state index is 0.00254. The first-order valence-electron chi connectivity index (χ1n) is 7.60. The van der Waals surface area contributed by atoms with Crippen molar-refractivity contribution in [1.82, 2.24) is 4.57 Å². The number of carbonyl (C=O) groups is 2. The highest BCUT2D eigenvalue weighted by atomic mass is 32.1. The summed E-state index contributed by atoms with van der Waals surface area (Å²) in [5, 5.41) is 0. The number of methoxy groups -OCH3 is 1. The number of ether oxygens (including phenoxy) is 1. The van der Waals surface area contributed by atoms with Crippen molar-refractivity contribution in [3.8, 4) is 0 Å². The lowest BCUT2D eigenvalue weighted by molar-refractivity contribution is -0.141. The first-order chi connectivity index (χ1) is 12.4. The molecule has 0 spiro atoms. The summed E-state index contributed by atoms with van der Waals surface area (Å²) in [4.78, 5) is 28.2. The normalized spacial score (nSPS) is 11.8. The number of rotatable bonds is 3. The molecule has 134 valence electrons. The number of aryl methyl sites for hydroxylation is 1. The van der Waals surface area contributed by atoms with Crippen LogP contribution in [0.2, 0.25) is 0 Å². The zero-order chi connectivity index (χ0) is 18.8. The summed E-state index contributed by atoms with van der Waals surface area (Å²) < 4.78 is 33.8. The molecule has 0 saturated carbocycles. The summed E-state index contributed by atoms with van der Waals surface area (Å²) in [5.41, 5.74) is 1.34. The molecule has 0 bridgehead atoms. The van der Waals surface area contributed by atoms with Crippen molar-refractivity contribution in [2.45, 2.75) is 13.5 Å². The molecule has 1 amide bonds. The fourth-order valence-electron chi connectivity index (χ4n) is 2.40. The van der Waals surface area contributed by atoms with Gasteiger partial charge in [0.25, 0.3) is 5.91 Å². The first kappa shape index (κ1) is 17.9. The molecule has 3 aromatic rings. The van der Waals surface area contributed by atoms with E-state index in [1.54, 1.807) is 24.3 Å². The monoisotopic (exact) mass is 376 g/mol. The maximum Gasteiger partial charge on any atom is 0.325 e. The number of nitrogens with zero attached hydrogens (tertiary/aromatic N) is 2. The first-order valence-corrected chi connectivity index (χ1v) is 8.41. The van der Waals surface area contributed by atoms with Crippen LogP contribution >= 0.6 is 11.3 Å². The number of esters is 1. The largest absolute Gasteiger partial charge is 0.468 e. The molecule has 1 aromatic heterocycles. The van der Waals surface area contributed by atoms with Crippen molar-refractivity contribution in [2.24, 2.45) is 4.99 Å². The molecule has 8 heteroatoms. The number of halogens is 2. The van der Waals surface area contributed by atoms with Gasteiger partial charge in [0, 0.05) is 11.6 Å². The highest BCUT2D eigenvalue weighted by Crippen LogP contribution is 2.22. The Kier molecular flexibility index (Phi) is 4.94. The standard InChI is InChI=1S/C18H14F2N2O3S/c1-10-3-5-11(6-4-10)17(24)21-18-22(9-15(23)25-2)16-13(20)7-12(19)8-14(16)26-18/h3-8H,9H2,1-2H3. The van der Waals surface area contributed by atoms with Crippen LogP contribution in [0.5, 0.6) is 0 Å². The van der Waals surface area contributed by atoms with E-state index in [0.717, 1.165) is 23.0 Å². The fraction of sp³-hybridized carbons (Fsp3) is 0.167. The molecule has 3 rings (SSSR count). The van der Waals surface area contributed by atoms with Gasteiger partial charge >= 0.3 is 5.97 Å². The van der Waals surface area contributed by atoms with E-state index >= 15 is 0 Å². The van der Waals surface area contributed by atoms with Crippen molar-refractivity contribution in [3.05, 3.63) is 64.0 Å². The Labute approximate surface area is 151 Å². The van der Waals surface area contributed by atoms with Gasteiger partial charge in [0.05, 0.1) is 17.3 Å². The van der Waals surface area contributed by atoms with Gasteiger partial charge in [0.2, 0.25) is 0 Å². The number of hydrogen-bond acceptors (Lipinski definition) is 4. The van der Waals surface area contributed by atoms with Crippen LogP contribution < -0.4 is 4.80 Å². The van der Waals surface area contributed by atoms with E-state index in [9.17, 15) is 18.4 Å². The molecule has 0 radical (unpaired) electrons. The van der Waals surface area contributed by atoms with E-state index < -0.39 is 23.5 Å². The van der Waals surface area contributed by atoms with Gasteiger partial charge in [-0.25, -0.2) is 8.78 Å². The van der Waals surface area contributed by atoms with Crippen LogP contribution in [0.4, 0.5) is 8.78 Å². The van der Waals surface area contributed by atoms with E-state index in [-0.39, 0.29) is 21.6 Å². The number of aromatic nitrogens is 1. The average Bonchev–Trinajstić information content (AvgIpc) is 2.92. The molecule has 0 unspecified atom stereocenters. The SMILES string of the molecule is COC(=O)Cn1c(=NC(=O)c2ccc(C)cc2)sc2cc(F)cc(F)c21. The van der Waals surface area contributed by atoms with Crippen molar-refractivity contribution in [3.63, 3.8) is 0 Å². The maximum atomic E-state index is 14.2. The third-order valence-electron chi connectivity index (χ3n) is 3.71. The van der Waals surface area contributed by atoms with Crippen molar-refractivity contribution >= 4 is 33.4 Å². The zero-order valence-electron chi connectivity index (χ0n) is 14.0. The molecule has 0 aliphatic carbocycles. The molecule has 0 N–H and O–H groups in total. The molecule has 5 nitrogen and oxygen atoms in total. The fourth-order valence-corrected chi connectivity index (χ4v) is 3.47. The Morgan fingerprint density at radius 2 is 1.88 bits per heavy atom. The number of hydrogen-bond donors (Lipinski definition) is 0. The summed E-state index contributed by atoms with van der Waals surface area (Å²) in [5.74, 6) is -2.78. The third-order valence-corrected chi connectivity index (χ3v) is 4.73. The number of carbonyl (C=O) groups excluding carboxylic acids is 2. The van der Waals surface area contributed by atoms with Crippen LogP contribution in [0.3, 0.4) is 0 Å². The van der Waals surface area contributed by atoms with Gasteiger partial charge in [-0.15, -0.1) is 0 Å². The van der Waals surface area contributed by atoms with Crippen LogP contribution in [0.1, 0.15) is 15.9 Å². The summed E-state index contributed by atoms with van der Waals surface area (Å²) in [6.45, 7) is 1.54. The van der Waals surface area contributed by atoms with Crippen LogP contribution in [-0.2, 0) is 16.1 Å². The third kappa shape index (κ3) is 3.55. The Hall–Kier alpha value is -2.87. The molecule has 0 fully saturated rings. The molecule has 26 heavy (non-hydrogen) atoms. The number of amides is 1. The second-order valence-corrected chi connectivity index (χ2v) is 6.57. The van der Waals surface area contributed by atoms with Gasteiger partial charge in [0.15, 0.2) is 10.6 Å². The smallest absolute Gasteiger partial charge is 0.325 e. The molecule has 0 aliphatic rings. The van der Waals surface area contributed by atoms with Gasteiger partial charge in [-0.1, -0.05) is 29.0 Å². The predicted octanol–water partition coefficient (Wildman–Crippen LogP) is 3.20. The van der Waals surface area contributed by atoms with E-state index in [4.69, 9.17) is 0 Å². The Bertz CT molecular complexity index is 1070. The van der Waals surface area contributed by atoms with Gasteiger partial charge in [-0.05, 0) is 25.1 Å².